The SMILES string of the molecule is CCOC(=O)C(C)CN(CCN)Cc1ccccc1. The summed E-state index contributed by atoms with van der Waals surface area (Å²) in [7, 11) is 0. The van der Waals surface area contributed by atoms with Gasteiger partial charge in [0.15, 0.2) is 0 Å². The molecule has 0 aliphatic carbocycles. The van der Waals surface area contributed by atoms with E-state index in [4.69, 9.17) is 10.5 Å². The zero-order chi connectivity index (χ0) is 14.1. The fourth-order valence-corrected chi connectivity index (χ4v) is 2.01. The highest BCUT2D eigenvalue weighted by Crippen LogP contribution is 2.08. The highest BCUT2D eigenvalue weighted by Gasteiger charge is 2.17. The van der Waals surface area contributed by atoms with Gasteiger partial charge in [-0.25, -0.2) is 0 Å². The van der Waals surface area contributed by atoms with Crippen molar-refractivity contribution < 1.29 is 9.53 Å². The third-order valence-corrected chi connectivity index (χ3v) is 2.92. The Bertz CT molecular complexity index is 368. The topological polar surface area (TPSA) is 55.6 Å². The third-order valence-electron chi connectivity index (χ3n) is 2.92. The van der Waals surface area contributed by atoms with Gasteiger partial charge in [0.2, 0.25) is 0 Å². The van der Waals surface area contributed by atoms with Gasteiger partial charge < -0.3 is 10.5 Å². The van der Waals surface area contributed by atoms with E-state index in [-0.39, 0.29) is 11.9 Å². The zero-order valence-corrected chi connectivity index (χ0v) is 11.8. The van der Waals surface area contributed by atoms with E-state index in [1.807, 2.05) is 32.0 Å². The second-order valence-electron chi connectivity index (χ2n) is 4.66. The van der Waals surface area contributed by atoms with Crippen molar-refractivity contribution in [2.24, 2.45) is 11.7 Å². The number of rotatable bonds is 8. The van der Waals surface area contributed by atoms with Crippen LogP contribution in [0.5, 0.6) is 0 Å². The van der Waals surface area contributed by atoms with Crippen molar-refractivity contribution in [3.8, 4) is 0 Å². The molecule has 1 rings (SSSR count). The number of nitrogens with two attached hydrogens (primary N) is 1. The number of ether oxygens (including phenoxy) is 1. The lowest BCUT2D eigenvalue weighted by atomic mass is 10.1. The second kappa shape index (κ2) is 8.67. The molecule has 1 atom stereocenters. The molecular formula is C15H24N2O2. The Morgan fingerprint density at radius 3 is 2.63 bits per heavy atom. The second-order valence-corrected chi connectivity index (χ2v) is 4.66. The molecule has 0 bridgehead atoms. The molecule has 19 heavy (non-hydrogen) atoms. The molecule has 0 aliphatic rings. The van der Waals surface area contributed by atoms with E-state index in [9.17, 15) is 4.79 Å². The molecular weight excluding hydrogens is 240 g/mol. The van der Waals surface area contributed by atoms with Crippen LogP contribution in [0, 0.1) is 5.92 Å². The lowest BCUT2D eigenvalue weighted by Gasteiger charge is -2.24. The van der Waals surface area contributed by atoms with Crippen LogP contribution in [0.15, 0.2) is 30.3 Å². The van der Waals surface area contributed by atoms with Crippen molar-refractivity contribution in [1.82, 2.24) is 4.90 Å². The quantitative estimate of drug-likeness (QED) is 0.725. The summed E-state index contributed by atoms with van der Waals surface area (Å²) in [6.07, 6.45) is 0. The lowest BCUT2D eigenvalue weighted by molar-refractivity contribution is -0.148. The van der Waals surface area contributed by atoms with Crippen LogP contribution in [0.25, 0.3) is 0 Å². The van der Waals surface area contributed by atoms with Gasteiger partial charge in [-0.15, -0.1) is 0 Å². The monoisotopic (exact) mass is 264 g/mol. The van der Waals surface area contributed by atoms with Crippen LogP contribution in [0.3, 0.4) is 0 Å². The van der Waals surface area contributed by atoms with Gasteiger partial charge in [-0.05, 0) is 12.5 Å². The van der Waals surface area contributed by atoms with Crippen molar-refractivity contribution in [3.05, 3.63) is 35.9 Å². The predicted molar refractivity (Wildman–Crippen MR) is 76.6 cm³/mol. The van der Waals surface area contributed by atoms with Gasteiger partial charge in [0.1, 0.15) is 0 Å². The molecule has 4 heteroatoms. The average Bonchev–Trinajstić information content (AvgIpc) is 2.40. The standard InChI is InChI=1S/C15H24N2O2/c1-3-19-15(18)13(2)11-17(10-9-16)12-14-7-5-4-6-8-14/h4-8,13H,3,9-12,16H2,1-2H3. The Morgan fingerprint density at radius 2 is 2.05 bits per heavy atom. The first-order valence-electron chi connectivity index (χ1n) is 6.80. The minimum atomic E-state index is -0.141. The Balaban J connectivity index is 2.55. The van der Waals surface area contributed by atoms with Gasteiger partial charge >= 0.3 is 5.97 Å². The summed E-state index contributed by atoms with van der Waals surface area (Å²) in [5.74, 6) is -0.271. The van der Waals surface area contributed by atoms with Gasteiger partial charge in [-0.3, -0.25) is 9.69 Å². The molecule has 0 radical (unpaired) electrons. The molecule has 0 saturated heterocycles. The number of esters is 1. The van der Waals surface area contributed by atoms with Gasteiger partial charge in [0, 0.05) is 26.2 Å². The van der Waals surface area contributed by atoms with E-state index in [1.165, 1.54) is 5.56 Å². The number of carbonyl (C=O) groups is 1. The van der Waals surface area contributed by atoms with Crippen LogP contribution >= 0.6 is 0 Å². The third kappa shape index (κ3) is 5.85. The first-order valence-corrected chi connectivity index (χ1v) is 6.80. The van der Waals surface area contributed by atoms with E-state index >= 15 is 0 Å². The number of hydrogen-bond donors (Lipinski definition) is 1. The number of nitrogens with zero attached hydrogens (tertiary/aromatic N) is 1. The fourth-order valence-electron chi connectivity index (χ4n) is 2.01. The van der Waals surface area contributed by atoms with E-state index in [0.717, 1.165) is 13.1 Å². The van der Waals surface area contributed by atoms with Crippen molar-refractivity contribution in [3.63, 3.8) is 0 Å². The molecule has 1 aromatic rings. The Morgan fingerprint density at radius 1 is 1.37 bits per heavy atom. The highest BCUT2D eigenvalue weighted by molar-refractivity contribution is 5.72. The maximum absolute atomic E-state index is 11.7. The summed E-state index contributed by atoms with van der Waals surface area (Å²) in [5, 5.41) is 0. The number of benzene rings is 1. The van der Waals surface area contributed by atoms with Crippen LogP contribution < -0.4 is 5.73 Å². The van der Waals surface area contributed by atoms with Crippen LogP contribution in [-0.4, -0.2) is 37.1 Å². The van der Waals surface area contributed by atoms with Crippen LogP contribution in [-0.2, 0) is 16.1 Å². The van der Waals surface area contributed by atoms with Gasteiger partial charge in [-0.1, -0.05) is 37.3 Å². The molecule has 0 saturated carbocycles. The van der Waals surface area contributed by atoms with Crippen molar-refractivity contribution in [2.45, 2.75) is 20.4 Å². The van der Waals surface area contributed by atoms with Gasteiger partial charge in [-0.2, -0.15) is 0 Å². The molecule has 1 unspecified atom stereocenters. The average molecular weight is 264 g/mol. The van der Waals surface area contributed by atoms with E-state index in [1.54, 1.807) is 0 Å². The highest BCUT2D eigenvalue weighted by atomic mass is 16.5. The van der Waals surface area contributed by atoms with Crippen LogP contribution in [0.2, 0.25) is 0 Å². The van der Waals surface area contributed by atoms with Crippen molar-refractivity contribution >= 4 is 5.97 Å². The molecule has 0 heterocycles. The summed E-state index contributed by atoms with van der Waals surface area (Å²) in [5.41, 5.74) is 6.86. The van der Waals surface area contributed by atoms with E-state index in [0.29, 0.717) is 19.7 Å². The predicted octanol–water partition coefficient (Wildman–Crippen LogP) is 1.65. The van der Waals surface area contributed by atoms with Crippen LogP contribution in [0.1, 0.15) is 19.4 Å². The maximum atomic E-state index is 11.7. The summed E-state index contributed by atoms with van der Waals surface area (Å²) >= 11 is 0. The summed E-state index contributed by atoms with van der Waals surface area (Å²) < 4.78 is 5.04. The first-order chi connectivity index (χ1) is 9.17. The molecule has 0 spiro atoms. The molecule has 0 aromatic heterocycles. The van der Waals surface area contributed by atoms with Crippen molar-refractivity contribution in [2.75, 3.05) is 26.2 Å². The maximum Gasteiger partial charge on any atom is 0.309 e. The van der Waals surface area contributed by atoms with E-state index < -0.39 is 0 Å². The molecule has 4 nitrogen and oxygen atoms in total. The largest absolute Gasteiger partial charge is 0.466 e. The molecule has 106 valence electrons. The summed E-state index contributed by atoms with van der Waals surface area (Å²) in [6.45, 7) is 6.99. The van der Waals surface area contributed by atoms with Gasteiger partial charge in [0.25, 0.3) is 0 Å². The number of hydrogen-bond acceptors (Lipinski definition) is 4. The number of carbonyl (C=O) groups excluding carboxylic acids is 1. The Labute approximate surface area is 115 Å². The molecule has 0 fully saturated rings. The normalized spacial score (nSPS) is 12.4. The van der Waals surface area contributed by atoms with Gasteiger partial charge in [0.05, 0.1) is 12.5 Å². The molecule has 0 amide bonds. The molecule has 2 N–H and O–H groups in total. The Hall–Kier alpha value is -1.39. The Kier molecular flexibility index (Phi) is 7.15. The molecule has 1 aromatic carbocycles. The lowest BCUT2D eigenvalue weighted by Crippen LogP contribution is -2.35. The molecule has 0 aliphatic heterocycles. The zero-order valence-electron chi connectivity index (χ0n) is 11.8. The smallest absolute Gasteiger partial charge is 0.309 e. The van der Waals surface area contributed by atoms with Crippen LogP contribution in [0.4, 0.5) is 0 Å². The van der Waals surface area contributed by atoms with Crippen molar-refractivity contribution in [1.29, 1.82) is 0 Å². The van der Waals surface area contributed by atoms with E-state index in [2.05, 4.69) is 17.0 Å². The summed E-state index contributed by atoms with van der Waals surface area (Å²) in [4.78, 5) is 13.8. The minimum absolute atomic E-state index is 0.129. The minimum Gasteiger partial charge on any atom is -0.466 e. The summed E-state index contributed by atoms with van der Waals surface area (Å²) in [6, 6.07) is 10.2. The fraction of sp³-hybridized carbons (Fsp3) is 0.533. The first kappa shape index (κ1) is 15.7.